The summed E-state index contributed by atoms with van der Waals surface area (Å²) in [6.07, 6.45) is -0.199. The van der Waals surface area contributed by atoms with E-state index in [-0.39, 0.29) is 24.5 Å². The molecule has 1 aliphatic heterocycles. The lowest BCUT2D eigenvalue weighted by molar-refractivity contribution is 0.0172. The second-order valence-electron chi connectivity index (χ2n) is 5.75. The lowest BCUT2D eigenvalue weighted by atomic mass is 10.1. The normalized spacial score (nSPS) is 25.8. The molecule has 1 aliphatic rings. The van der Waals surface area contributed by atoms with E-state index < -0.39 is 5.60 Å². The van der Waals surface area contributed by atoms with Gasteiger partial charge in [-0.15, -0.1) is 12.4 Å². The molecule has 0 radical (unpaired) electrons. The zero-order valence-electron chi connectivity index (χ0n) is 11.4. The van der Waals surface area contributed by atoms with Gasteiger partial charge in [0, 0.05) is 19.1 Å². The van der Waals surface area contributed by atoms with Gasteiger partial charge in [-0.2, -0.15) is 0 Å². The molecule has 0 aromatic carbocycles. The molecule has 1 heterocycles. The Morgan fingerprint density at radius 1 is 1.29 bits per heavy atom. The van der Waals surface area contributed by atoms with E-state index in [0.29, 0.717) is 5.92 Å². The van der Waals surface area contributed by atoms with Gasteiger partial charge in [0.15, 0.2) is 0 Å². The molecule has 2 unspecified atom stereocenters. The fourth-order valence-electron chi connectivity index (χ4n) is 1.80. The van der Waals surface area contributed by atoms with E-state index in [9.17, 15) is 4.79 Å². The monoisotopic (exact) mass is 264 g/mol. The van der Waals surface area contributed by atoms with Gasteiger partial charge in [-0.3, -0.25) is 0 Å². The number of rotatable bonds is 0. The van der Waals surface area contributed by atoms with Crippen LogP contribution in [-0.4, -0.2) is 42.3 Å². The Balaban J connectivity index is 0.00000256. The number of carbonyl (C=O) groups excluding carboxylic acids is 1. The van der Waals surface area contributed by atoms with Crippen LogP contribution in [0, 0.1) is 5.92 Å². The molecule has 4 nitrogen and oxygen atoms in total. The van der Waals surface area contributed by atoms with Crippen molar-refractivity contribution in [3.8, 4) is 0 Å². The number of ether oxygens (including phenoxy) is 1. The van der Waals surface area contributed by atoms with Crippen molar-refractivity contribution in [1.29, 1.82) is 0 Å². The van der Waals surface area contributed by atoms with Crippen molar-refractivity contribution in [3.63, 3.8) is 0 Å². The van der Waals surface area contributed by atoms with Gasteiger partial charge >= 0.3 is 6.09 Å². The predicted octanol–water partition coefficient (Wildman–Crippen LogP) is 2.27. The summed E-state index contributed by atoms with van der Waals surface area (Å²) >= 11 is 0. The minimum atomic E-state index is -0.417. The van der Waals surface area contributed by atoms with Crippen LogP contribution in [0.15, 0.2) is 0 Å². The second-order valence-corrected chi connectivity index (χ2v) is 5.75. The summed E-state index contributed by atoms with van der Waals surface area (Å²) in [7, 11) is 0. The summed E-state index contributed by atoms with van der Waals surface area (Å²) in [5.74, 6) is 0.470. The number of nitrogens with one attached hydrogen (secondary N) is 1. The fraction of sp³-hybridized carbons (Fsp3) is 0.917. The van der Waals surface area contributed by atoms with Gasteiger partial charge < -0.3 is 15.0 Å². The minimum absolute atomic E-state index is 0. The second kappa shape index (κ2) is 6.45. The summed E-state index contributed by atoms with van der Waals surface area (Å²) in [6, 6.07) is 0.194. The first-order valence-electron chi connectivity index (χ1n) is 6.00. The Hall–Kier alpha value is -0.480. The molecule has 1 saturated heterocycles. The first-order chi connectivity index (χ1) is 7.29. The van der Waals surface area contributed by atoms with Crippen molar-refractivity contribution >= 4 is 18.5 Å². The van der Waals surface area contributed by atoms with Crippen molar-refractivity contribution < 1.29 is 9.53 Å². The molecule has 1 N–H and O–H groups in total. The Bertz CT molecular complexity index is 253. The van der Waals surface area contributed by atoms with Crippen LogP contribution in [0.3, 0.4) is 0 Å². The summed E-state index contributed by atoms with van der Waals surface area (Å²) < 4.78 is 5.41. The lowest BCUT2D eigenvalue weighted by Crippen LogP contribution is -2.45. The van der Waals surface area contributed by atoms with E-state index in [2.05, 4.69) is 19.2 Å². The van der Waals surface area contributed by atoms with Crippen molar-refractivity contribution in [2.24, 2.45) is 5.92 Å². The first kappa shape index (κ1) is 16.5. The molecule has 1 amide bonds. The third kappa shape index (κ3) is 5.59. The molecule has 1 fully saturated rings. The van der Waals surface area contributed by atoms with E-state index in [1.165, 1.54) is 0 Å². The average molecular weight is 265 g/mol. The summed E-state index contributed by atoms with van der Waals surface area (Å²) in [4.78, 5) is 13.8. The molecule has 2 atom stereocenters. The van der Waals surface area contributed by atoms with Crippen LogP contribution >= 0.6 is 12.4 Å². The third-order valence-electron chi connectivity index (χ3n) is 2.60. The zero-order chi connectivity index (χ0) is 12.3. The highest BCUT2D eigenvalue weighted by Gasteiger charge is 2.28. The molecule has 0 spiro atoms. The molecule has 17 heavy (non-hydrogen) atoms. The van der Waals surface area contributed by atoms with Gasteiger partial charge in [0.25, 0.3) is 0 Å². The van der Waals surface area contributed by atoms with Crippen molar-refractivity contribution in [1.82, 2.24) is 10.2 Å². The van der Waals surface area contributed by atoms with Gasteiger partial charge in [-0.25, -0.2) is 4.79 Å². The first-order valence-corrected chi connectivity index (χ1v) is 6.00. The molecule has 0 aliphatic carbocycles. The molecule has 0 bridgehead atoms. The van der Waals surface area contributed by atoms with Crippen molar-refractivity contribution in [2.45, 2.75) is 46.3 Å². The van der Waals surface area contributed by atoms with Crippen LogP contribution in [-0.2, 0) is 4.74 Å². The SMILES string of the molecule is CC1CNCC(C)N(C(=O)OC(C)(C)C)C1.Cl. The smallest absolute Gasteiger partial charge is 0.410 e. The van der Waals surface area contributed by atoms with Gasteiger partial charge in [-0.1, -0.05) is 6.92 Å². The summed E-state index contributed by atoms with van der Waals surface area (Å²) in [5.41, 5.74) is -0.417. The van der Waals surface area contributed by atoms with E-state index >= 15 is 0 Å². The van der Waals surface area contributed by atoms with Crippen LogP contribution in [0.2, 0.25) is 0 Å². The maximum atomic E-state index is 12.0. The number of carbonyl (C=O) groups is 1. The van der Waals surface area contributed by atoms with Crippen LogP contribution in [0.4, 0.5) is 4.79 Å². The van der Waals surface area contributed by atoms with Crippen LogP contribution in [0.5, 0.6) is 0 Å². The quantitative estimate of drug-likeness (QED) is 0.730. The number of nitrogens with zero attached hydrogens (tertiary/aromatic N) is 1. The molecule has 0 saturated carbocycles. The molecule has 1 rings (SSSR count). The van der Waals surface area contributed by atoms with Gasteiger partial charge in [0.2, 0.25) is 0 Å². The Morgan fingerprint density at radius 3 is 2.41 bits per heavy atom. The molecular weight excluding hydrogens is 240 g/mol. The number of halogens is 1. The largest absolute Gasteiger partial charge is 0.444 e. The Kier molecular flexibility index (Phi) is 6.27. The average Bonchev–Trinajstić information content (AvgIpc) is 2.25. The minimum Gasteiger partial charge on any atom is -0.444 e. The fourth-order valence-corrected chi connectivity index (χ4v) is 1.80. The summed E-state index contributed by atoms with van der Waals surface area (Å²) in [6.45, 7) is 12.5. The lowest BCUT2D eigenvalue weighted by Gasteiger charge is -2.31. The van der Waals surface area contributed by atoms with E-state index in [1.807, 2.05) is 25.7 Å². The highest BCUT2D eigenvalue weighted by Crippen LogP contribution is 2.15. The molecule has 0 aromatic heterocycles. The van der Waals surface area contributed by atoms with E-state index in [0.717, 1.165) is 19.6 Å². The predicted molar refractivity (Wildman–Crippen MR) is 71.7 cm³/mol. The molecule has 102 valence electrons. The number of hydrogen-bond acceptors (Lipinski definition) is 3. The Morgan fingerprint density at radius 2 is 1.88 bits per heavy atom. The molecule has 0 aromatic rings. The molecular formula is C12H25ClN2O2. The van der Waals surface area contributed by atoms with Gasteiger partial charge in [-0.05, 0) is 40.2 Å². The van der Waals surface area contributed by atoms with Crippen LogP contribution < -0.4 is 5.32 Å². The van der Waals surface area contributed by atoms with E-state index in [4.69, 9.17) is 4.74 Å². The zero-order valence-corrected chi connectivity index (χ0v) is 12.3. The topological polar surface area (TPSA) is 41.6 Å². The van der Waals surface area contributed by atoms with Gasteiger partial charge in [0.05, 0.1) is 0 Å². The van der Waals surface area contributed by atoms with Crippen LogP contribution in [0.25, 0.3) is 0 Å². The Labute approximate surface area is 110 Å². The number of hydrogen-bond donors (Lipinski definition) is 1. The van der Waals surface area contributed by atoms with E-state index in [1.54, 1.807) is 0 Å². The highest BCUT2D eigenvalue weighted by atomic mass is 35.5. The van der Waals surface area contributed by atoms with Crippen molar-refractivity contribution in [3.05, 3.63) is 0 Å². The summed E-state index contributed by atoms with van der Waals surface area (Å²) in [5, 5.41) is 3.35. The van der Waals surface area contributed by atoms with Crippen LogP contribution in [0.1, 0.15) is 34.6 Å². The highest BCUT2D eigenvalue weighted by molar-refractivity contribution is 5.85. The maximum absolute atomic E-state index is 12.0. The maximum Gasteiger partial charge on any atom is 0.410 e. The molecule has 5 heteroatoms. The number of amides is 1. The third-order valence-corrected chi connectivity index (χ3v) is 2.60. The van der Waals surface area contributed by atoms with Gasteiger partial charge in [0.1, 0.15) is 5.60 Å². The standard InChI is InChI=1S/C12H24N2O2.ClH/c1-9-6-13-7-10(2)14(8-9)11(15)16-12(3,4)5;/h9-10,13H,6-8H2,1-5H3;1H. The van der Waals surface area contributed by atoms with Crippen molar-refractivity contribution in [2.75, 3.05) is 19.6 Å².